The van der Waals surface area contributed by atoms with E-state index in [2.05, 4.69) is 10.6 Å². The number of carbonyl (C=O) groups is 3. The molecular weight excluding hydrogens is 558 g/mol. The van der Waals surface area contributed by atoms with Crippen LogP contribution in [-0.4, -0.2) is 80.5 Å². The number of rotatable bonds is 10. The van der Waals surface area contributed by atoms with Crippen LogP contribution in [0.1, 0.15) is 36.2 Å². The Morgan fingerprint density at radius 3 is 2.42 bits per heavy atom. The summed E-state index contributed by atoms with van der Waals surface area (Å²) in [5, 5.41) is 48.1. The van der Waals surface area contributed by atoms with E-state index < -0.39 is 84.7 Å². The molecule has 0 spiro atoms. The van der Waals surface area contributed by atoms with Gasteiger partial charge in [-0.15, -0.1) is 0 Å². The smallest absolute Gasteiger partial charge is 0.364 e. The Morgan fingerprint density at radius 2 is 1.82 bits per heavy atom. The van der Waals surface area contributed by atoms with E-state index in [-0.39, 0.29) is 11.1 Å². The van der Waals surface area contributed by atoms with Gasteiger partial charge in [-0.3, -0.25) is 9.59 Å². The number of carboxylic acid groups (broad SMARTS) is 1. The van der Waals surface area contributed by atoms with E-state index in [4.69, 9.17) is 21.1 Å². The molecule has 1 heterocycles. The molecule has 1 saturated heterocycles. The van der Waals surface area contributed by atoms with Crippen LogP contribution in [0.5, 0.6) is 0 Å². The first-order valence-electron chi connectivity index (χ1n) is 12.0. The maximum atomic E-state index is 14.2. The predicted octanol–water partition coefficient (Wildman–Crippen LogP) is 1.11. The summed E-state index contributed by atoms with van der Waals surface area (Å²) in [6.07, 6.45) is -6.42. The first-order chi connectivity index (χ1) is 18.7. The lowest BCUT2D eigenvalue weighted by atomic mass is 9.79. The quantitative estimate of drug-likeness (QED) is 0.238. The molecule has 1 aliphatic rings. The van der Waals surface area contributed by atoms with Gasteiger partial charge in [0, 0.05) is 36.0 Å². The summed E-state index contributed by atoms with van der Waals surface area (Å²) >= 11 is 5.80. The summed E-state index contributed by atoms with van der Waals surface area (Å²) < 4.78 is 38.8. The zero-order valence-corrected chi connectivity index (χ0v) is 22.2. The highest BCUT2D eigenvalue weighted by Gasteiger charge is 2.60. The van der Waals surface area contributed by atoms with E-state index in [1.54, 1.807) is 0 Å². The molecule has 0 aliphatic carbocycles. The van der Waals surface area contributed by atoms with Gasteiger partial charge in [-0.05, 0) is 37.3 Å². The molecule has 1 fully saturated rings. The molecule has 2 amide bonds. The third-order valence-electron chi connectivity index (χ3n) is 6.40. The lowest BCUT2D eigenvalue weighted by Gasteiger charge is -2.51. The second kappa shape index (κ2) is 12.5. The van der Waals surface area contributed by atoms with Crippen molar-refractivity contribution >= 4 is 29.4 Å². The molecule has 0 saturated carbocycles. The maximum absolute atomic E-state index is 14.2. The summed E-state index contributed by atoms with van der Waals surface area (Å²) in [5.74, 6) is -8.31. The molecule has 3 rings (SSSR count). The van der Waals surface area contributed by atoms with Gasteiger partial charge in [0.1, 0.15) is 12.2 Å². The number of aliphatic hydroxyl groups excluding tert-OH is 2. The molecule has 14 heteroatoms. The molecule has 2 aromatic rings. The molecule has 0 unspecified atom stereocenters. The lowest BCUT2D eigenvalue weighted by molar-refractivity contribution is -0.327. The van der Waals surface area contributed by atoms with Gasteiger partial charge in [0.15, 0.2) is 11.6 Å². The molecule has 1 aliphatic heterocycles. The van der Waals surface area contributed by atoms with Crippen molar-refractivity contribution in [3.8, 4) is 0 Å². The number of hydrogen-bond donors (Lipinski definition) is 6. The van der Waals surface area contributed by atoms with E-state index >= 15 is 0 Å². The molecule has 218 valence electrons. The van der Waals surface area contributed by atoms with Crippen LogP contribution in [0.15, 0.2) is 42.5 Å². The van der Waals surface area contributed by atoms with E-state index in [0.717, 1.165) is 26.0 Å². The summed E-state index contributed by atoms with van der Waals surface area (Å²) in [7, 11) is 0. The molecule has 0 aromatic heterocycles. The third-order valence-corrected chi connectivity index (χ3v) is 6.65. The normalized spacial score (nSPS) is 26.0. The Labute approximate surface area is 232 Å². The molecular formula is C26H29ClF2N2O9. The largest absolute Gasteiger partial charge is 0.477 e. The minimum atomic E-state index is -2.73. The molecule has 0 radical (unpaired) electrons. The highest BCUT2D eigenvalue weighted by Crippen LogP contribution is 2.39. The summed E-state index contributed by atoms with van der Waals surface area (Å²) in [6.45, 7) is 0.894. The zero-order chi connectivity index (χ0) is 29.8. The number of amides is 2. The second-order valence-electron chi connectivity index (χ2n) is 9.63. The van der Waals surface area contributed by atoms with E-state index in [1.807, 2.05) is 0 Å². The Balaban J connectivity index is 1.86. The fourth-order valence-electron chi connectivity index (χ4n) is 4.36. The zero-order valence-electron chi connectivity index (χ0n) is 21.4. The first-order valence-corrected chi connectivity index (χ1v) is 12.4. The Kier molecular flexibility index (Phi) is 9.82. The molecule has 2 aromatic carbocycles. The number of benzene rings is 2. The van der Waals surface area contributed by atoms with Crippen LogP contribution in [0, 0.1) is 11.6 Å². The SMILES string of the molecule is CC(=O)N[C@H]1[C@H]([C@H](O)[C@H](O)CNC(=O)c2ccc(Cl)cc2)O[C@@](OCc2cccc(F)c2F)(C(=O)O)C[C@@]1(C)O. The standard InChI is InChI=1S/C26H29ClF2N2O9/c1-13(32)31-22-21(20(34)18(33)10-30-23(35)14-6-8-16(27)9-7-14)40-26(24(36)37,12-25(22,2)38)39-11-15-4-3-5-17(28)19(15)29/h3-9,18,20-22,33-34,38H,10-12H2,1-2H3,(H,30,35)(H,31,32)(H,36,37)/t18-,20-,21+,22+,25-,26-/m1/s1. The van der Waals surface area contributed by atoms with Crippen molar-refractivity contribution in [2.45, 2.75) is 62.6 Å². The van der Waals surface area contributed by atoms with E-state index in [9.17, 15) is 43.6 Å². The monoisotopic (exact) mass is 586 g/mol. The van der Waals surface area contributed by atoms with E-state index in [0.29, 0.717) is 5.02 Å². The summed E-state index contributed by atoms with van der Waals surface area (Å²) in [6, 6.07) is 7.50. The lowest BCUT2D eigenvalue weighted by Crippen LogP contribution is -2.72. The van der Waals surface area contributed by atoms with Gasteiger partial charge in [-0.25, -0.2) is 13.6 Å². The number of aliphatic carboxylic acids is 1. The Morgan fingerprint density at radius 1 is 1.18 bits per heavy atom. The molecule has 40 heavy (non-hydrogen) atoms. The van der Waals surface area contributed by atoms with Crippen molar-refractivity contribution < 1.29 is 53.1 Å². The number of halogens is 3. The number of hydrogen-bond acceptors (Lipinski definition) is 8. The van der Waals surface area contributed by atoms with Gasteiger partial charge in [0.05, 0.1) is 24.4 Å². The Hall–Kier alpha value is -3.20. The number of nitrogens with one attached hydrogen (secondary N) is 2. The fourth-order valence-corrected chi connectivity index (χ4v) is 4.48. The molecule has 6 N–H and O–H groups in total. The van der Waals surface area contributed by atoms with Gasteiger partial charge < -0.3 is 40.5 Å². The van der Waals surface area contributed by atoms with Crippen LogP contribution in [0.25, 0.3) is 0 Å². The maximum Gasteiger partial charge on any atom is 0.364 e. The van der Waals surface area contributed by atoms with Gasteiger partial charge >= 0.3 is 5.97 Å². The van der Waals surface area contributed by atoms with Gasteiger partial charge in [0.2, 0.25) is 5.91 Å². The average Bonchev–Trinajstić information content (AvgIpc) is 2.88. The van der Waals surface area contributed by atoms with Crippen LogP contribution >= 0.6 is 11.6 Å². The predicted molar refractivity (Wildman–Crippen MR) is 135 cm³/mol. The van der Waals surface area contributed by atoms with Crippen molar-refractivity contribution in [1.29, 1.82) is 0 Å². The van der Waals surface area contributed by atoms with Gasteiger partial charge in [-0.1, -0.05) is 23.7 Å². The summed E-state index contributed by atoms with van der Waals surface area (Å²) in [4.78, 5) is 36.7. The third kappa shape index (κ3) is 7.11. The van der Waals surface area contributed by atoms with Gasteiger partial charge in [-0.2, -0.15) is 0 Å². The highest BCUT2D eigenvalue weighted by molar-refractivity contribution is 6.30. The van der Waals surface area contributed by atoms with Crippen molar-refractivity contribution in [3.63, 3.8) is 0 Å². The van der Waals surface area contributed by atoms with Crippen molar-refractivity contribution in [2.24, 2.45) is 0 Å². The number of aliphatic hydroxyl groups is 3. The van der Waals surface area contributed by atoms with Crippen LogP contribution in [0.2, 0.25) is 5.02 Å². The highest BCUT2D eigenvalue weighted by atomic mass is 35.5. The Bertz CT molecular complexity index is 1250. The fraction of sp³-hybridized carbons (Fsp3) is 0.423. The van der Waals surface area contributed by atoms with Crippen LogP contribution in [-0.2, 0) is 25.7 Å². The first kappa shape index (κ1) is 31.3. The molecule has 11 nitrogen and oxygen atoms in total. The van der Waals surface area contributed by atoms with Crippen molar-refractivity contribution in [3.05, 3.63) is 70.2 Å². The number of ether oxygens (including phenoxy) is 2. The second-order valence-corrected chi connectivity index (χ2v) is 10.1. The topological polar surface area (TPSA) is 175 Å². The van der Waals surface area contributed by atoms with Gasteiger partial charge in [0.25, 0.3) is 11.7 Å². The number of carbonyl (C=O) groups excluding carboxylic acids is 2. The minimum Gasteiger partial charge on any atom is -0.477 e. The minimum absolute atomic E-state index is 0.196. The summed E-state index contributed by atoms with van der Waals surface area (Å²) in [5.41, 5.74) is -2.28. The van der Waals surface area contributed by atoms with E-state index in [1.165, 1.54) is 30.3 Å². The van der Waals surface area contributed by atoms with Crippen LogP contribution < -0.4 is 10.6 Å². The van der Waals surface area contributed by atoms with Crippen molar-refractivity contribution in [2.75, 3.05) is 6.54 Å². The number of carboxylic acids is 1. The van der Waals surface area contributed by atoms with Crippen LogP contribution in [0.3, 0.4) is 0 Å². The molecule has 6 atom stereocenters. The average molecular weight is 587 g/mol. The molecule has 0 bridgehead atoms. The van der Waals surface area contributed by atoms with Crippen LogP contribution in [0.4, 0.5) is 8.78 Å². The van der Waals surface area contributed by atoms with Crippen molar-refractivity contribution in [1.82, 2.24) is 10.6 Å².